The summed E-state index contributed by atoms with van der Waals surface area (Å²) in [5, 5.41) is 5.34. The highest BCUT2D eigenvalue weighted by atomic mass is 32.1. The van der Waals surface area contributed by atoms with Crippen molar-refractivity contribution in [1.82, 2.24) is 10.3 Å². The van der Waals surface area contributed by atoms with Gasteiger partial charge in [-0.15, -0.1) is 11.3 Å². The van der Waals surface area contributed by atoms with E-state index in [1.165, 1.54) is 54.1 Å². The summed E-state index contributed by atoms with van der Waals surface area (Å²) in [7, 11) is 0. The standard InChI is InChI=1S/C16H26N2S/c1-4-12-8-9-16(10-12,18-13-6-7-13)15-17-14(5-2)11(3)19-15/h12-13,18H,4-10H2,1-3H3. The van der Waals surface area contributed by atoms with Crippen LogP contribution in [0, 0.1) is 12.8 Å². The SMILES string of the molecule is CCc1nc(C2(NC3CC3)CCC(CC)C2)sc1C. The number of aromatic nitrogens is 1. The molecule has 2 saturated carbocycles. The Hall–Kier alpha value is -0.410. The van der Waals surface area contributed by atoms with Gasteiger partial charge in [0.05, 0.1) is 11.2 Å². The molecule has 2 nitrogen and oxygen atoms in total. The molecule has 1 heterocycles. The first kappa shape index (κ1) is 13.6. The first-order chi connectivity index (χ1) is 9.16. The topological polar surface area (TPSA) is 24.9 Å². The van der Waals surface area contributed by atoms with Gasteiger partial charge in [0, 0.05) is 10.9 Å². The first-order valence-corrected chi connectivity index (χ1v) is 8.73. The summed E-state index contributed by atoms with van der Waals surface area (Å²) in [5.41, 5.74) is 1.53. The average Bonchev–Trinajstić information content (AvgIpc) is 2.98. The fraction of sp³-hybridized carbons (Fsp3) is 0.812. The third-order valence-corrected chi connectivity index (χ3v) is 6.11. The van der Waals surface area contributed by atoms with Crippen LogP contribution < -0.4 is 5.32 Å². The zero-order valence-corrected chi connectivity index (χ0v) is 13.3. The second kappa shape index (κ2) is 5.17. The molecule has 0 radical (unpaired) electrons. The molecule has 1 N–H and O–H groups in total. The molecule has 2 fully saturated rings. The Balaban J connectivity index is 1.89. The van der Waals surface area contributed by atoms with Crippen LogP contribution in [0.1, 0.15) is 68.0 Å². The van der Waals surface area contributed by atoms with Crippen LogP contribution in [-0.2, 0) is 12.0 Å². The molecule has 2 unspecified atom stereocenters. The van der Waals surface area contributed by atoms with Gasteiger partial charge in [-0.2, -0.15) is 0 Å². The largest absolute Gasteiger partial charge is 0.303 e. The minimum atomic E-state index is 0.213. The van der Waals surface area contributed by atoms with Crippen molar-refractivity contribution in [1.29, 1.82) is 0 Å². The zero-order valence-electron chi connectivity index (χ0n) is 12.5. The highest BCUT2D eigenvalue weighted by Crippen LogP contribution is 2.46. The number of hydrogen-bond donors (Lipinski definition) is 1. The van der Waals surface area contributed by atoms with Crippen LogP contribution in [0.25, 0.3) is 0 Å². The van der Waals surface area contributed by atoms with Crippen LogP contribution in [-0.4, -0.2) is 11.0 Å². The molecule has 0 bridgehead atoms. The molecule has 3 heteroatoms. The molecule has 1 aromatic rings. The Kier molecular flexibility index (Phi) is 3.69. The molecular formula is C16H26N2S. The lowest BCUT2D eigenvalue weighted by Crippen LogP contribution is -2.41. The number of rotatable bonds is 5. The van der Waals surface area contributed by atoms with Crippen molar-refractivity contribution >= 4 is 11.3 Å². The van der Waals surface area contributed by atoms with Gasteiger partial charge in [0.1, 0.15) is 5.01 Å². The predicted octanol–water partition coefficient (Wildman–Crippen LogP) is 4.17. The molecule has 0 amide bonds. The van der Waals surface area contributed by atoms with E-state index in [2.05, 4.69) is 26.1 Å². The number of thiazole rings is 1. The lowest BCUT2D eigenvalue weighted by Gasteiger charge is -2.29. The summed E-state index contributed by atoms with van der Waals surface area (Å²) < 4.78 is 0. The first-order valence-electron chi connectivity index (χ1n) is 7.91. The van der Waals surface area contributed by atoms with E-state index in [4.69, 9.17) is 4.98 Å². The summed E-state index contributed by atoms with van der Waals surface area (Å²) >= 11 is 1.94. The van der Waals surface area contributed by atoms with Crippen LogP contribution in [0.15, 0.2) is 0 Å². The molecule has 2 aliphatic rings. The Bertz CT molecular complexity index is 450. The van der Waals surface area contributed by atoms with E-state index in [1.807, 2.05) is 11.3 Å². The van der Waals surface area contributed by atoms with Crippen molar-refractivity contribution in [2.75, 3.05) is 0 Å². The van der Waals surface area contributed by atoms with Crippen molar-refractivity contribution in [2.24, 2.45) is 5.92 Å². The summed E-state index contributed by atoms with van der Waals surface area (Å²) in [4.78, 5) is 6.41. The van der Waals surface area contributed by atoms with Crippen LogP contribution in [0.5, 0.6) is 0 Å². The molecule has 1 aromatic heterocycles. The van der Waals surface area contributed by atoms with Gasteiger partial charge in [-0.25, -0.2) is 4.98 Å². The molecule has 19 heavy (non-hydrogen) atoms. The second-order valence-electron chi connectivity index (χ2n) is 6.39. The smallest absolute Gasteiger partial charge is 0.113 e. The van der Waals surface area contributed by atoms with Gasteiger partial charge in [0.25, 0.3) is 0 Å². The molecular weight excluding hydrogens is 252 g/mol. The minimum Gasteiger partial charge on any atom is -0.303 e. The van der Waals surface area contributed by atoms with Gasteiger partial charge >= 0.3 is 0 Å². The van der Waals surface area contributed by atoms with E-state index >= 15 is 0 Å². The van der Waals surface area contributed by atoms with E-state index in [9.17, 15) is 0 Å². The van der Waals surface area contributed by atoms with Crippen molar-refractivity contribution in [3.63, 3.8) is 0 Å². The van der Waals surface area contributed by atoms with Gasteiger partial charge in [-0.1, -0.05) is 20.3 Å². The van der Waals surface area contributed by atoms with E-state index in [0.29, 0.717) is 0 Å². The third-order valence-electron chi connectivity index (χ3n) is 4.89. The van der Waals surface area contributed by atoms with E-state index < -0.39 is 0 Å². The maximum absolute atomic E-state index is 4.99. The zero-order chi connectivity index (χ0) is 13.5. The number of nitrogens with one attached hydrogen (secondary N) is 1. The normalized spacial score (nSPS) is 31.0. The monoisotopic (exact) mass is 278 g/mol. The summed E-state index contributed by atoms with van der Waals surface area (Å²) in [5.74, 6) is 0.889. The lowest BCUT2D eigenvalue weighted by molar-refractivity contribution is 0.320. The highest BCUT2D eigenvalue weighted by Gasteiger charge is 2.45. The lowest BCUT2D eigenvalue weighted by atomic mass is 9.95. The second-order valence-corrected chi connectivity index (χ2v) is 7.60. The predicted molar refractivity (Wildman–Crippen MR) is 81.7 cm³/mol. The number of nitrogens with zero attached hydrogens (tertiary/aromatic N) is 1. The number of hydrogen-bond acceptors (Lipinski definition) is 3. The van der Waals surface area contributed by atoms with E-state index in [1.54, 1.807) is 0 Å². The van der Waals surface area contributed by atoms with Gasteiger partial charge in [-0.05, 0) is 51.4 Å². The molecule has 2 atom stereocenters. The van der Waals surface area contributed by atoms with Crippen molar-refractivity contribution < 1.29 is 0 Å². The Morgan fingerprint density at radius 2 is 2.11 bits per heavy atom. The van der Waals surface area contributed by atoms with Crippen LogP contribution >= 0.6 is 11.3 Å². The Morgan fingerprint density at radius 3 is 2.63 bits per heavy atom. The highest BCUT2D eigenvalue weighted by molar-refractivity contribution is 7.11. The summed E-state index contributed by atoms with van der Waals surface area (Å²) in [6.45, 7) is 6.79. The van der Waals surface area contributed by atoms with Crippen molar-refractivity contribution in [3.05, 3.63) is 15.6 Å². The van der Waals surface area contributed by atoms with Crippen molar-refractivity contribution in [2.45, 2.75) is 77.3 Å². The molecule has 2 aliphatic carbocycles. The number of aryl methyl sites for hydroxylation is 2. The maximum Gasteiger partial charge on any atom is 0.113 e. The van der Waals surface area contributed by atoms with E-state index in [0.717, 1.165) is 18.4 Å². The molecule has 0 spiro atoms. The van der Waals surface area contributed by atoms with Crippen molar-refractivity contribution in [3.8, 4) is 0 Å². The van der Waals surface area contributed by atoms with Crippen LogP contribution in [0.4, 0.5) is 0 Å². The molecule has 106 valence electrons. The van der Waals surface area contributed by atoms with Crippen LogP contribution in [0.2, 0.25) is 0 Å². The summed E-state index contributed by atoms with van der Waals surface area (Å²) in [6.07, 6.45) is 9.08. The van der Waals surface area contributed by atoms with Gasteiger partial charge in [-0.3, -0.25) is 0 Å². The Labute approximate surface area is 121 Å². The van der Waals surface area contributed by atoms with Crippen LogP contribution in [0.3, 0.4) is 0 Å². The van der Waals surface area contributed by atoms with Gasteiger partial charge < -0.3 is 5.32 Å². The summed E-state index contributed by atoms with van der Waals surface area (Å²) in [6, 6.07) is 0.768. The fourth-order valence-corrected chi connectivity index (χ4v) is 4.66. The third kappa shape index (κ3) is 2.59. The average molecular weight is 278 g/mol. The van der Waals surface area contributed by atoms with E-state index in [-0.39, 0.29) is 5.54 Å². The minimum absolute atomic E-state index is 0.213. The Morgan fingerprint density at radius 1 is 1.32 bits per heavy atom. The quantitative estimate of drug-likeness (QED) is 0.874. The molecule has 0 saturated heterocycles. The van der Waals surface area contributed by atoms with Gasteiger partial charge in [0.15, 0.2) is 0 Å². The molecule has 0 aromatic carbocycles. The van der Waals surface area contributed by atoms with Gasteiger partial charge in [0.2, 0.25) is 0 Å². The molecule has 0 aliphatic heterocycles. The maximum atomic E-state index is 4.99. The molecule has 3 rings (SSSR count). The fourth-order valence-electron chi connectivity index (χ4n) is 3.46.